The number of hydrogen-bond donors (Lipinski definition) is 0. The number of hydrogen-bond acceptors (Lipinski definition) is 1. The van der Waals surface area contributed by atoms with Crippen molar-refractivity contribution in [2.75, 3.05) is 11.9 Å². The molecule has 0 aromatic heterocycles. The van der Waals surface area contributed by atoms with E-state index in [1.807, 2.05) is 6.07 Å². The van der Waals surface area contributed by atoms with E-state index in [1.54, 1.807) is 0 Å². The Morgan fingerprint density at radius 1 is 0.353 bits per heavy atom. The minimum absolute atomic E-state index is 1.16. The van der Waals surface area contributed by atoms with Crippen LogP contribution in [0.2, 0.25) is 0 Å². The van der Waals surface area contributed by atoms with Crippen molar-refractivity contribution >= 4 is 22.5 Å². The van der Waals surface area contributed by atoms with Gasteiger partial charge in [0.25, 0.3) is 0 Å². The van der Waals surface area contributed by atoms with E-state index in [4.69, 9.17) is 0 Å². The van der Waals surface area contributed by atoms with Crippen LogP contribution in [0.3, 0.4) is 0 Å². The lowest BCUT2D eigenvalue weighted by Crippen LogP contribution is -2.09. The van der Waals surface area contributed by atoms with Crippen LogP contribution in [-0.2, 0) is 0 Å². The van der Waals surface area contributed by atoms with Gasteiger partial charge in [-0.1, -0.05) is 121 Å². The van der Waals surface area contributed by atoms with Crippen LogP contribution in [0.5, 0.6) is 0 Å². The van der Waals surface area contributed by atoms with E-state index in [0.29, 0.717) is 0 Å². The maximum atomic E-state index is 2.24. The third-order valence-corrected chi connectivity index (χ3v) is 6.12. The zero-order valence-corrected chi connectivity index (χ0v) is 19.3. The summed E-state index contributed by atoms with van der Waals surface area (Å²) in [7, 11) is 2.11. The van der Waals surface area contributed by atoms with Gasteiger partial charge >= 0.3 is 0 Å². The molecular formula is C33H27N. The molecule has 0 saturated carbocycles. The standard InChI is InChI=1S/C33H27N/c1-34(30-20-12-5-13-21-30)31-24-22-29(23-25-31)33(28-18-10-4-11-19-28)32(26-14-6-2-7-15-26)27-16-8-3-9-17-27/h2-25H,1H3. The largest absolute Gasteiger partial charge is 0.345 e. The molecule has 0 heterocycles. The van der Waals surface area contributed by atoms with Crippen LogP contribution in [0.4, 0.5) is 11.4 Å². The first-order valence-corrected chi connectivity index (χ1v) is 11.6. The second-order valence-electron chi connectivity index (χ2n) is 8.29. The lowest BCUT2D eigenvalue weighted by atomic mass is 9.86. The fourth-order valence-electron chi connectivity index (χ4n) is 4.38. The summed E-state index contributed by atoms with van der Waals surface area (Å²) < 4.78 is 0. The SMILES string of the molecule is CN(c1ccccc1)c1ccc(C(=C(c2ccccc2)c2ccccc2)c2ccccc2)cc1. The molecule has 5 rings (SSSR count). The minimum Gasteiger partial charge on any atom is -0.345 e. The van der Waals surface area contributed by atoms with E-state index < -0.39 is 0 Å². The lowest BCUT2D eigenvalue weighted by molar-refractivity contribution is 1.21. The molecule has 0 aliphatic rings. The second kappa shape index (κ2) is 10.1. The first-order valence-electron chi connectivity index (χ1n) is 11.6. The van der Waals surface area contributed by atoms with Crippen LogP contribution in [0.15, 0.2) is 146 Å². The topological polar surface area (TPSA) is 3.24 Å². The fourth-order valence-corrected chi connectivity index (χ4v) is 4.38. The van der Waals surface area contributed by atoms with Crippen molar-refractivity contribution < 1.29 is 0 Å². The average Bonchev–Trinajstić information content (AvgIpc) is 2.93. The second-order valence-corrected chi connectivity index (χ2v) is 8.29. The monoisotopic (exact) mass is 437 g/mol. The van der Waals surface area contributed by atoms with Crippen molar-refractivity contribution in [1.29, 1.82) is 0 Å². The molecule has 0 saturated heterocycles. The van der Waals surface area contributed by atoms with E-state index in [0.717, 1.165) is 5.69 Å². The maximum absolute atomic E-state index is 2.24. The number of nitrogens with zero attached hydrogens (tertiary/aromatic N) is 1. The summed E-state index contributed by atoms with van der Waals surface area (Å²) in [5.74, 6) is 0. The predicted molar refractivity (Wildman–Crippen MR) is 145 cm³/mol. The molecule has 0 spiro atoms. The number of rotatable bonds is 6. The molecule has 5 aromatic carbocycles. The summed E-state index contributed by atoms with van der Waals surface area (Å²) in [5, 5.41) is 0. The van der Waals surface area contributed by atoms with Crippen LogP contribution < -0.4 is 4.90 Å². The van der Waals surface area contributed by atoms with Gasteiger partial charge < -0.3 is 4.90 Å². The van der Waals surface area contributed by atoms with Gasteiger partial charge in [-0.3, -0.25) is 0 Å². The Labute approximate surface area is 202 Å². The molecule has 1 nitrogen and oxygen atoms in total. The molecule has 0 unspecified atom stereocenters. The smallest absolute Gasteiger partial charge is 0.0408 e. The molecule has 0 bridgehead atoms. The van der Waals surface area contributed by atoms with Crippen molar-refractivity contribution in [2.24, 2.45) is 0 Å². The normalized spacial score (nSPS) is 10.5. The van der Waals surface area contributed by atoms with Crippen LogP contribution in [0.25, 0.3) is 11.1 Å². The van der Waals surface area contributed by atoms with Crippen molar-refractivity contribution in [1.82, 2.24) is 0 Å². The molecular weight excluding hydrogens is 410 g/mol. The third kappa shape index (κ3) is 4.55. The number of anilines is 2. The van der Waals surface area contributed by atoms with Gasteiger partial charge in [0.15, 0.2) is 0 Å². The highest BCUT2D eigenvalue weighted by atomic mass is 15.1. The van der Waals surface area contributed by atoms with Gasteiger partial charge in [-0.25, -0.2) is 0 Å². The summed E-state index contributed by atoms with van der Waals surface area (Å²) in [6.07, 6.45) is 0. The zero-order valence-electron chi connectivity index (χ0n) is 19.3. The maximum Gasteiger partial charge on any atom is 0.0408 e. The molecule has 0 aliphatic carbocycles. The van der Waals surface area contributed by atoms with Crippen molar-refractivity contribution in [3.8, 4) is 0 Å². The molecule has 0 atom stereocenters. The van der Waals surface area contributed by atoms with Crippen molar-refractivity contribution in [3.05, 3.63) is 168 Å². The lowest BCUT2D eigenvalue weighted by Gasteiger charge is -2.21. The Morgan fingerprint density at radius 3 is 1.03 bits per heavy atom. The fraction of sp³-hybridized carbons (Fsp3) is 0.0303. The minimum atomic E-state index is 1.16. The van der Waals surface area contributed by atoms with Gasteiger partial charge in [0, 0.05) is 18.4 Å². The molecule has 0 amide bonds. The van der Waals surface area contributed by atoms with Crippen LogP contribution in [0.1, 0.15) is 22.3 Å². The Morgan fingerprint density at radius 2 is 0.647 bits per heavy atom. The molecule has 164 valence electrons. The molecule has 34 heavy (non-hydrogen) atoms. The summed E-state index contributed by atoms with van der Waals surface area (Å²) in [4.78, 5) is 2.21. The van der Waals surface area contributed by atoms with E-state index in [2.05, 4.69) is 151 Å². The summed E-state index contributed by atoms with van der Waals surface area (Å²) in [6.45, 7) is 0. The Bertz CT molecular complexity index is 1310. The number of benzene rings is 5. The molecule has 0 radical (unpaired) electrons. The molecule has 0 aliphatic heterocycles. The van der Waals surface area contributed by atoms with Crippen LogP contribution in [-0.4, -0.2) is 7.05 Å². The summed E-state index contributed by atoms with van der Waals surface area (Å²) in [5.41, 5.74) is 9.60. The highest BCUT2D eigenvalue weighted by Gasteiger charge is 2.16. The number of para-hydroxylation sites is 1. The summed E-state index contributed by atoms with van der Waals surface area (Å²) >= 11 is 0. The van der Waals surface area contributed by atoms with E-state index in [9.17, 15) is 0 Å². The highest BCUT2D eigenvalue weighted by molar-refractivity contribution is 6.04. The van der Waals surface area contributed by atoms with Gasteiger partial charge in [0.1, 0.15) is 0 Å². The van der Waals surface area contributed by atoms with Crippen molar-refractivity contribution in [3.63, 3.8) is 0 Å². The molecule has 1 heteroatoms. The van der Waals surface area contributed by atoms with Gasteiger partial charge in [-0.2, -0.15) is 0 Å². The van der Waals surface area contributed by atoms with Crippen LogP contribution >= 0.6 is 0 Å². The molecule has 0 fully saturated rings. The third-order valence-electron chi connectivity index (χ3n) is 6.12. The van der Waals surface area contributed by atoms with Crippen LogP contribution in [0, 0.1) is 0 Å². The van der Waals surface area contributed by atoms with Gasteiger partial charge in [-0.15, -0.1) is 0 Å². The Balaban J connectivity index is 1.69. The highest BCUT2D eigenvalue weighted by Crippen LogP contribution is 2.37. The van der Waals surface area contributed by atoms with E-state index in [-0.39, 0.29) is 0 Å². The summed E-state index contributed by atoms with van der Waals surface area (Å²) in [6, 6.07) is 51.4. The van der Waals surface area contributed by atoms with Gasteiger partial charge in [0.05, 0.1) is 0 Å². The molecule has 0 N–H and O–H groups in total. The molecule has 5 aromatic rings. The first kappa shape index (κ1) is 21.5. The Kier molecular flexibility index (Phi) is 6.36. The average molecular weight is 438 g/mol. The van der Waals surface area contributed by atoms with E-state index in [1.165, 1.54) is 39.1 Å². The Hall–Kier alpha value is -4.36. The van der Waals surface area contributed by atoms with Gasteiger partial charge in [-0.05, 0) is 57.7 Å². The predicted octanol–water partition coefficient (Wildman–Crippen LogP) is 8.46. The van der Waals surface area contributed by atoms with Crippen molar-refractivity contribution in [2.45, 2.75) is 0 Å². The quantitative estimate of drug-likeness (QED) is 0.241. The van der Waals surface area contributed by atoms with Gasteiger partial charge in [0.2, 0.25) is 0 Å². The van der Waals surface area contributed by atoms with E-state index >= 15 is 0 Å². The zero-order chi connectivity index (χ0) is 23.2. The first-order chi connectivity index (χ1) is 16.8.